The highest BCUT2D eigenvalue weighted by Gasteiger charge is 2.44. The van der Waals surface area contributed by atoms with Crippen molar-refractivity contribution in [2.24, 2.45) is 0 Å². The molecule has 8 nitrogen and oxygen atoms in total. The van der Waals surface area contributed by atoms with Crippen LogP contribution in [0.2, 0.25) is 0 Å². The van der Waals surface area contributed by atoms with E-state index in [-0.39, 0.29) is 6.61 Å². The van der Waals surface area contributed by atoms with Gasteiger partial charge < -0.3 is 20.1 Å². The zero-order chi connectivity index (χ0) is 15.9. The Morgan fingerprint density at radius 2 is 2.00 bits per heavy atom. The molecule has 2 aromatic rings. The standard InChI is InChI=1S/C12H16N4O4S2/c1-21-10-5-3-13-16(9(5)14-12(15-10)22-2)11-8(19)7(18)6(4-17)20-11/h3,6-8,11,17-19H,4H2,1-2H3/t6-,7+,8+,11+/m0/s1. The highest BCUT2D eigenvalue weighted by Crippen LogP contribution is 2.33. The fraction of sp³-hybridized carbons (Fsp3) is 0.583. The molecular weight excluding hydrogens is 328 g/mol. The van der Waals surface area contributed by atoms with Crippen LogP contribution >= 0.6 is 23.5 Å². The van der Waals surface area contributed by atoms with E-state index < -0.39 is 24.5 Å². The van der Waals surface area contributed by atoms with Crippen LogP contribution in [0, 0.1) is 0 Å². The van der Waals surface area contributed by atoms with Crippen molar-refractivity contribution < 1.29 is 20.1 Å². The van der Waals surface area contributed by atoms with Gasteiger partial charge in [-0.25, -0.2) is 14.6 Å². The second-order valence-corrected chi connectivity index (χ2v) is 6.34. The molecule has 22 heavy (non-hydrogen) atoms. The van der Waals surface area contributed by atoms with Gasteiger partial charge in [0.2, 0.25) is 0 Å². The largest absolute Gasteiger partial charge is 0.394 e. The number of hydrogen-bond acceptors (Lipinski definition) is 9. The SMILES string of the molecule is CSc1nc(SC)c2cnn([C@@H]3O[C@@H](CO)[C@@H](O)[C@H]3O)c2n1. The maximum absolute atomic E-state index is 10.1. The van der Waals surface area contributed by atoms with Crippen molar-refractivity contribution in [3.05, 3.63) is 6.20 Å². The topological polar surface area (TPSA) is 114 Å². The molecule has 0 radical (unpaired) electrons. The zero-order valence-electron chi connectivity index (χ0n) is 11.9. The Labute approximate surface area is 134 Å². The molecule has 1 aliphatic rings. The van der Waals surface area contributed by atoms with E-state index in [1.165, 1.54) is 28.2 Å². The molecule has 0 spiro atoms. The summed E-state index contributed by atoms with van der Waals surface area (Å²) in [5, 5.41) is 35.6. The molecule has 0 bridgehead atoms. The number of ether oxygens (including phenoxy) is 1. The minimum absolute atomic E-state index is 0.380. The summed E-state index contributed by atoms with van der Waals surface area (Å²) >= 11 is 2.88. The van der Waals surface area contributed by atoms with Crippen molar-refractivity contribution >= 4 is 34.6 Å². The van der Waals surface area contributed by atoms with Crippen molar-refractivity contribution in [3.63, 3.8) is 0 Å². The first kappa shape index (κ1) is 16.0. The van der Waals surface area contributed by atoms with Crippen LogP contribution in [0.4, 0.5) is 0 Å². The zero-order valence-corrected chi connectivity index (χ0v) is 13.6. The lowest BCUT2D eigenvalue weighted by Gasteiger charge is -2.15. The van der Waals surface area contributed by atoms with Crippen LogP contribution in [0.25, 0.3) is 11.0 Å². The van der Waals surface area contributed by atoms with Crippen LogP contribution in [0.15, 0.2) is 16.4 Å². The Hall–Kier alpha value is -0.910. The smallest absolute Gasteiger partial charge is 0.190 e. The first-order chi connectivity index (χ1) is 10.6. The van der Waals surface area contributed by atoms with Crippen molar-refractivity contribution in [1.82, 2.24) is 19.7 Å². The minimum Gasteiger partial charge on any atom is -0.394 e. The Morgan fingerprint density at radius 3 is 2.59 bits per heavy atom. The first-order valence-corrected chi connectivity index (χ1v) is 9.01. The molecule has 0 unspecified atom stereocenters. The Balaban J connectivity index is 2.08. The molecule has 120 valence electrons. The van der Waals surface area contributed by atoms with Crippen molar-refractivity contribution in [2.75, 3.05) is 19.1 Å². The van der Waals surface area contributed by atoms with E-state index in [9.17, 15) is 15.3 Å². The molecule has 3 rings (SSSR count). The van der Waals surface area contributed by atoms with E-state index in [0.717, 1.165) is 10.4 Å². The number of aliphatic hydroxyl groups is 3. The Morgan fingerprint density at radius 1 is 1.23 bits per heavy atom. The lowest BCUT2D eigenvalue weighted by molar-refractivity contribution is -0.0567. The van der Waals surface area contributed by atoms with Crippen LogP contribution in [0.1, 0.15) is 6.23 Å². The Kier molecular flexibility index (Phi) is 4.57. The molecule has 0 saturated carbocycles. The number of hydrogen-bond donors (Lipinski definition) is 3. The predicted molar refractivity (Wildman–Crippen MR) is 81.9 cm³/mol. The molecule has 2 aromatic heterocycles. The second-order valence-electron chi connectivity index (χ2n) is 4.77. The number of aliphatic hydroxyl groups excluding tert-OH is 3. The number of rotatable bonds is 4. The maximum Gasteiger partial charge on any atom is 0.190 e. The van der Waals surface area contributed by atoms with E-state index in [1.807, 2.05) is 12.5 Å². The van der Waals surface area contributed by atoms with E-state index in [4.69, 9.17) is 4.74 Å². The number of aromatic nitrogens is 4. The molecule has 1 saturated heterocycles. The van der Waals surface area contributed by atoms with Crippen molar-refractivity contribution in [2.45, 2.75) is 34.7 Å². The molecule has 1 fully saturated rings. The van der Waals surface area contributed by atoms with Crippen LogP contribution in [0.5, 0.6) is 0 Å². The molecule has 3 heterocycles. The van der Waals surface area contributed by atoms with Crippen LogP contribution < -0.4 is 0 Å². The Bertz CT molecular complexity index is 682. The molecule has 4 atom stereocenters. The van der Waals surface area contributed by atoms with Gasteiger partial charge in [-0.1, -0.05) is 11.8 Å². The van der Waals surface area contributed by atoms with E-state index in [1.54, 1.807) is 6.20 Å². The van der Waals surface area contributed by atoms with E-state index >= 15 is 0 Å². The summed E-state index contributed by atoms with van der Waals surface area (Å²) in [5.41, 5.74) is 0.526. The van der Waals surface area contributed by atoms with Gasteiger partial charge in [0.15, 0.2) is 17.0 Å². The number of thioether (sulfide) groups is 2. The lowest BCUT2D eigenvalue weighted by Crippen LogP contribution is -2.33. The summed E-state index contributed by atoms with van der Waals surface area (Å²) in [6.07, 6.45) is 1.29. The average Bonchev–Trinajstić information content (AvgIpc) is 3.08. The van der Waals surface area contributed by atoms with E-state index in [2.05, 4.69) is 15.1 Å². The second kappa shape index (κ2) is 6.30. The number of nitrogens with zero attached hydrogens (tertiary/aromatic N) is 4. The van der Waals surface area contributed by atoms with Crippen molar-refractivity contribution in [3.8, 4) is 0 Å². The first-order valence-electron chi connectivity index (χ1n) is 6.56. The van der Waals surface area contributed by atoms with Crippen LogP contribution in [0.3, 0.4) is 0 Å². The van der Waals surface area contributed by atoms with Gasteiger partial charge in [-0.3, -0.25) is 0 Å². The van der Waals surface area contributed by atoms with Gasteiger partial charge in [-0.15, -0.1) is 11.8 Å². The summed E-state index contributed by atoms with van der Waals surface area (Å²) in [6.45, 7) is -0.380. The quantitative estimate of drug-likeness (QED) is 0.397. The summed E-state index contributed by atoms with van der Waals surface area (Å²) in [6, 6.07) is 0. The van der Waals surface area contributed by atoms with Gasteiger partial charge in [0.05, 0.1) is 18.2 Å². The van der Waals surface area contributed by atoms with Crippen LogP contribution in [-0.4, -0.2) is 72.5 Å². The van der Waals surface area contributed by atoms with Gasteiger partial charge in [-0.05, 0) is 12.5 Å². The number of fused-ring (bicyclic) bond motifs is 1. The van der Waals surface area contributed by atoms with Gasteiger partial charge in [0, 0.05) is 0 Å². The third-order valence-electron chi connectivity index (χ3n) is 3.53. The highest BCUT2D eigenvalue weighted by atomic mass is 32.2. The molecule has 3 N–H and O–H groups in total. The lowest BCUT2D eigenvalue weighted by atomic mass is 10.1. The molecule has 0 aromatic carbocycles. The highest BCUT2D eigenvalue weighted by molar-refractivity contribution is 7.99. The molecule has 1 aliphatic heterocycles. The molecular formula is C12H16N4O4S2. The summed E-state index contributed by atoms with van der Waals surface area (Å²) in [5.74, 6) is 0. The van der Waals surface area contributed by atoms with Gasteiger partial charge in [0.1, 0.15) is 23.3 Å². The van der Waals surface area contributed by atoms with Gasteiger partial charge in [0.25, 0.3) is 0 Å². The monoisotopic (exact) mass is 344 g/mol. The van der Waals surface area contributed by atoms with E-state index in [0.29, 0.717) is 10.8 Å². The van der Waals surface area contributed by atoms with Crippen molar-refractivity contribution in [1.29, 1.82) is 0 Å². The third kappa shape index (κ3) is 2.49. The fourth-order valence-electron chi connectivity index (χ4n) is 2.40. The molecule has 0 amide bonds. The van der Waals surface area contributed by atoms with Crippen LogP contribution in [-0.2, 0) is 4.74 Å². The third-order valence-corrected chi connectivity index (χ3v) is 4.78. The summed E-state index contributed by atoms with van der Waals surface area (Å²) in [4.78, 5) is 8.83. The summed E-state index contributed by atoms with van der Waals surface area (Å²) in [7, 11) is 0. The molecule has 10 heteroatoms. The van der Waals surface area contributed by atoms with Gasteiger partial charge in [-0.2, -0.15) is 5.10 Å². The minimum atomic E-state index is -1.19. The average molecular weight is 344 g/mol. The van der Waals surface area contributed by atoms with Gasteiger partial charge >= 0.3 is 0 Å². The normalized spacial score (nSPS) is 28.6. The predicted octanol–water partition coefficient (Wildman–Crippen LogP) is -0.118. The fourth-order valence-corrected chi connectivity index (χ4v) is 3.36. The summed E-state index contributed by atoms with van der Waals surface area (Å²) < 4.78 is 6.94. The maximum atomic E-state index is 10.1. The molecule has 0 aliphatic carbocycles.